The lowest BCUT2D eigenvalue weighted by atomic mass is 10.2. The van der Waals surface area contributed by atoms with Crippen LogP contribution in [0.2, 0.25) is 5.02 Å². The second-order valence-corrected chi connectivity index (χ2v) is 5.46. The van der Waals surface area contributed by atoms with Crippen LogP contribution < -0.4 is 10.1 Å². The third kappa shape index (κ3) is 5.36. The van der Waals surface area contributed by atoms with Crippen LogP contribution in [0.5, 0.6) is 5.75 Å². The summed E-state index contributed by atoms with van der Waals surface area (Å²) in [4.78, 5) is 0. The number of aliphatic hydroxyl groups excluding tert-OH is 1. The summed E-state index contributed by atoms with van der Waals surface area (Å²) >= 11 is 6.08. The average molecular weight is 316 g/mol. The van der Waals surface area contributed by atoms with Gasteiger partial charge in [-0.05, 0) is 25.0 Å². The molecular formula is C15H22ClNO4. The second kappa shape index (κ2) is 8.44. The van der Waals surface area contributed by atoms with Gasteiger partial charge in [-0.25, -0.2) is 0 Å². The number of hydrogen-bond donors (Lipinski definition) is 2. The van der Waals surface area contributed by atoms with E-state index in [1.165, 1.54) is 0 Å². The van der Waals surface area contributed by atoms with E-state index in [2.05, 4.69) is 5.32 Å². The molecule has 1 saturated heterocycles. The van der Waals surface area contributed by atoms with Crippen LogP contribution in [0.15, 0.2) is 18.2 Å². The number of rotatable bonds is 8. The number of halogens is 1. The maximum Gasteiger partial charge on any atom is 0.121 e. The van der Waals surface area contributed by atoms with Gasteiger partial charge < -0.3 is 24.6 Å². The van der Waals surface area contributed by atoms with Gasteiger partial charge >= 0.3 is 0 Å². The van der Waals surface area contributed by atoms with Crippen molar-refractivity contribution in [2.45, 2.75) is 25.0 Å². The molecule has 0 spiro atoms. The molecule has 21 heavy (non-hydrogen) atoms. The van der Waals surface area contributed by atoms with E-state index < -0.39 is 6.10 Å². The molecule has 1 aromatic rings. The molecule has 1 aliphatic rings. The molecule has 0 amide bonds. The summed E-state index contributed by atoms with van der Waals surface area (Å²) in [6, 6.07) is 5.33. The van der Waals surface area contributed by atoms with E-state index in [9.17, 15) is 5.11 Å². The fourth-order valence-corrected chi connectivity index (χ4v) is 2.35. The Balaban J connectivity index is 1.69. The van der Waals surface area contributed by atoms with Gasteiger partial charge in [0.25, 0.3) is 0 Å². The Bertz CT molecular complexity index is 438. The van der Waals surface area contributed by atoms with Crippen LogP contribution in [0.25, 0.3) is 0 Å². The predicted octanol–water partition coefficient (Wildman–Crippen LogP) is 2.32. The maximum atomic E-state index is 9.90. The Labute approximate surface area is 130 Å². The average Bonchev–Trinajstić information content (AvgIpc) is 3.00. The predicted molar refractivity (Wildman–Crippen MR) is 82.3 cm³/mol. The number of ether oxygens (including phenoxy) is 3. The van der Waals surface area contributed by atoms with E-state index in [0.717, 1.165) is 25.1 Å². The quantitative estimate of drug-likeness (QED) is 0.771. The van der Waals surface area contributed by atoms with Gasteiger partial charge in [0, 0.05) is 19.2 Å². The second-order valence-electron chi connectivity index (χ2n) is 5.05. The molecule has 2 unspecified atom stereocenters. The van der Waals surface area contributed by atoms with Gasteiger partial charge in [0.05, 0.1) is 43.2 Å². The van der Waals surface area contributed by atoms with E-state index in [1.54, 1.807) is 25.3 Å². The summed E-state index contributed by atoms with van der Waals surface area (Å²) in [6.45, 7) is 1.98. The van der Waals surface area contributed by atoms with Crippen molar-refractivity contribution in [3.63, 3.8) is 0 Å². The van der Waals surface area contributed by atoms with Crippen LogP contribution in [0.4, 0.5) is 5.69 Å². The molecule has 0 bridgehead atoms. The summed E-state index contributed by atoms with van der Waals surface area (Å²) in [5, 5.41) is 13.6. The largest absolute Gasteiger partial charge is 0.497 e. The van der Waals surface area contributed by atoms with Crippen molar-refractivity contribution in [2.75, 3.05) is 38.8 Å². The topological polar surface area (TPSA) is 60.0 Å². The van der Waals surface area contributed by atoms with Crippen LogP contribution in [-0.2, 0) is 9.47 Å². The third-order valence-electron chi connectivity index (χ3n) is 3.34. The monoisotopic (exact) mass is 315 g/mol. The highest BCUT2D eigenvalue weighted by Gasteiger charge is 2.16. The summed E-state index contributed by atoms with van der Waals surface area (Å²) in [7, 11) is 1.60. The van der Waals surface area contributed by atoms with Crippen LogP contribution in [0.3, 0.4) is 0 Å². The highest BCUT2D eigenvalue weighted by Crippen LogP contribution is 2.26. The molecule has 2 rings (SSSR count). The highest BCUT2D eigenvalue weighted by atomic mass is 35.5. The zero-order chi connectivity index (χ0) is 15.1. The molecule has 1 aliphatic heterocycles. The third-order valence-corrected chi connectivity index (χ3v) is 3.67. The van der Waals surface area contributed by atoms with Gasteiger partial charge in [-0.3, -0.25) is 0 Å². The van der Waals surface area contributed by atoms with Gasteiger partial charge in [-0.15, -0.1) is 0 Å². The van der Waals surface area contributed by atoms with E-state index in [0.29, 0.717) is 23.9 Å². The van der Waals surface area contributed by atoms with E-state index in [1.807, 2.05) is 0 Å². The molecule has 1 heterocycles. The number of anilines is 1. The summed E-state index contributed by atoms with van der Waals surface area (Å²) in [6.07, 6.45) is 1.70. The lowest BCUT2D eigenvalue weighted by molar-refractivity contribution is -0.0137. The SMILES string of the molecule is COc1ccc(Cl)c(NCC(O)COCC2CCCO2)c1. The molecule has 2 N–H and O–H groups in total. The Hall–Kier alpha value is -1.01. The fraction of sp³-hybridized carbons (Fsp3) is 0.600. The van der Waals surface area contributed by atoms with Crippen molar-refractivity contribution in [1.29, 1.82) is 0 Å². The summed E-state index contributed by atoms with van der Waals surface area (Å²) < 4.78 is 16.1. The summed E-state index contributed by atoms with van der Waals surface area (Å²) in [5.41, 5.74) is 0.731. The first-order valence-electron chi connectivity index (χ1n) is 7.14. The maximum absolute atomic E-state index is 9.90. The van der Waals surface area contributed by atoms with Gasteiger partial charge in [-0.2, -0.15) is 0 Å². The van der Waals surface area contributed by atoms with Gasteiger partial charge in [-0.1, -0.05) is 11.6 Å². The lowest BCUT2D eigenvalue weighted by Crippen LogP contribution is -2.27. The van der Waals surface area contributed by atoms with Crippen molar-refractivity contribution in [1.82, 2.24) is 0 Å². The number of methoxy groups -OCH3 is 1. The van der Waals surface area contributed by atoms with E-state index in [-0.39, 0.29) is 12.7 Å². The first kappa shape index (κ1) is 16.4. The van der Waals surface area contributed by atoms with Crippen LogP contribution in [-0.4, -0.2) is 50.8 Å². The van der Waals surface area contributed by atoms with E-state index in [4.69, 9.17) is 25.8 Å². The molecule has 0 radical (unpaired) electrons. The van der Waals surface area contributed by atoms with Crippen LogP contribution >= 0.6 is 11.6 Å². The summed E-state index contributed by atoms with van der Waals surface area (Å²) in [5.74, 6) is 0.714. The minimum absolute atomic E-state index is 0.179. The Morgan fingerprint density at radius 3 is 3.10 bits per heavy atom. The Morgan fingerprint density at radius 1 is 1.52 bits per heavy atom. The Kier molecular flexibility index (Phi) is 6.57. The smallest absolute Gasteiger partial charge is 0.121 e. The molecule has 2 atom stereocenters. The molecule has 118 valence electrons. The van der Waals surface area contributed by atoms with Crippen molar-refractivity contribution in [2.24, 2.45) is 0 Å². The zero-order valence-corrected chi connectivity index (χ0v) is 12.9. The van der Waals surface area contributed by atoms with Gasteiger partial charge in [0.15, 0.2) is 0 Å². The first-order chi connectivity index (χ1) is 10.2. The molecule has 1 fully saturated rings. The van der Waals surface area contributed by atoms with Crippen LogP contribution in [0.1, 0.15) is 12.8 Å². The van der Waals surface area contributed by atoms with Crippen molar-refractivity contribution < 1.29 is 19.3 Å². The molecule has 0 aliphatic carbocycles. The first-order valence-corrected chi connectivity index (χ1v) is 7.51. The Morgan fingerprint density at radius 2 is 2.38 bits per heavy atom. The molecule has 1 aromatic carbocycles. The molecule has 5 nitrogen and oxygen atoms in total. The highest BCUT2D eigenvalue weighted by molar-refractivity contribution is 6.33. The fourth-order valence-electron chi connectivity index (χ4n) is 2.16. The number of aliphatic hydroxyl groups is 1. The van der Waals surface area contributed by atoms with Gasteiger partial charge in [0.2, 0.25) is 0 Å². The molecular weight excluding hydrogens is 294 g/mol. The standard InChI is InChI=1S/C15H22ClNO4/c1-19-12-4-5-14(16)15(7-12)17-8-11(18)9-20-10-13-3-2-6-21-13/h4-5,7,11,13,17-18H,2-3,6,8-10H2,1H3. The molecule has 0 aromatic heterocycles. The van der Waals surface area contributed by atoms with Crippen molar-refractivity contribution in [3.8, 4) is 5.75 Å². The molecule has 6 heteroatoms. The zero-order valence-electron chi connectivity index (χ0n) is 12.2. The lowest BCUT2D eigenvalue weighted by Gasteiger charge is -2.16. The number of benzene rings is 1. The number of hydrogen-bond acceptors (Lipinski definition) is 5. The molecule has 0 saturated carbocycles. The normalized spacial score (nSPS) is 19.5. The van der Waals surface area contributed by atoms with Crippen molar-refractivity contribution >= 4 is 17.3 Å². The minimum atomic E-state index is -0.603. The van der Waals surface area contributed by atoms with Crippen molar-refractivity contribution in [3.05, 3.63) is 23.2 Å². The van der Waals surface area contributed by atoms with Gasteiger partial charge in [0.1, 0.15) is 5.75 Å². The van der Waals surface area contributed by atoms with Crippen LogP contribution in [0, 0.1) is 0 Å². The minimum Gasteiger partial charge on any atom is -0.497 e. The van der Waals surface area contributed by atoms with E-state index >= 15 is 0 Å². The number of nitrogens with one attached hydrogen (secondary N) is 1.